The van der Waals surface area contributed by atoms with Gasteiger partial charge in [0.1, 0.15) is 22.3 Å². The fraction of sp³-hybridized carbons (Fsp3) is 0. The van der Waals surface area contributed by atoms with E-state index in [2.05, 4.69) is 47.0 Å². The summed E-state index contributed by atoms with van der Waals surface area (Å²) in [5.41, 5.74) is 7.47. The van der Waals surface area contributed by atoms with E-state index in [-0.39, 0.29) is 0 Å². The van der Waals surface area contributed by atoms with Crippen molar-refractivity contribution in [3.8, 4) is 0 Å². The topological polar surface area (TPSA) is 50.3 Å². The van der Waals surface area contributed by atoms with E-state index in [0.29, 0.717) is 0 Å². The SMILES string of the molecule is c1ccc(Nc2cccc3oc4ccccc4c23)c(Nc2cccc3oc4ccccc4c23)c1. The number of anilines is 4. The number of benzene rings is 5. The molecular formula is C30H20N2O2. The fourth-order valence-corrected chi connectivity index (χ4v) is 4.75. The van der Waals surface area contributed by atoms with E-state index >= 15 is 0 Å². The minimum absolute atomic E-state index is 0.867. The van der Waals surface area contributed by atoms with Crippen LogP contribution in [0.25, 0.3) is 43.9 Å². The molecule has 0 aliphatic carbocycles. The Morgan fingerprint density at radius 2 is 0.735 bits per heavy atom. The summed E-state index contributed by atoms with van der Waals surface area (Å²) >= 11 is 0. The van der Waals surface area contributed by atoms with Crippen molar-refractivity contribution in [1.82, 2.24) is 0 Å². The molecule has 2 aromatic heterocycles. The largest absolute Gasteiger partial charge is 0.456 e. The Morgan fingerprint density at radius 1 is 0.353 bits per heavy atom. The lowest BCUT2D eigenvalue weighted by atomic mass is 10.1. The third kappa shape index (κ3) is 2.93. The van der Waals surface area contributed by atoms with Gasteiger partial charge in [0.25, 0.3) is 0 Å². The Hall–Kier alpha value is -4.70. The molecule has 34 heavy (non-hydrogen) atoms. The smallest absolute Gasteiger partial charge is 0.137 e. The average molecular weight is 441 g/mol. The fourth-order valence-electron chi connectivity index (χ4n) is 4.75. The Bertz CT molecular complexity index is 1690. The second-order valence-corrected chi connectivity index (χ2v) is 8.35. The Balaban J connectivity index is 1.34. The molecule has 0 bridgehead atoms. The van der Waals surface area contributed by atoms with E-state index in [1.54, 1.807) is 0 Å². The Labute approximate surface area is 195 Å². The maximum absolute atomic E-state index is 6.07. The van der Waals surface area contributed by atoms with Gasteiger partial charge in [0.2, 0.25) is 0 Å². The first-order valence-electron chi connectivity index (χ1n) is 11.3. The van der Waals surface area contributed by atoms with Crippen LogP contribution in [0.5, 0.6) is 0 Å². The number of hydrogen-bond donors (Lipinski definition) is 2. The summed E-state index contributed by atoms with van der Waals surface area (Å²) < 4.78 is 12.1. The molecule has 0 unspecified atom stereocenters. The number of para-hydroxylation sites is 4. The van der Waals surface area contributed by atoms with E-state index < -0.39 is 0 Å². The molecule has 0 saturated carbocycles. The van der Waals surface area contributed by atoms with Crippen LogP contribution in [0.2, 0.25) is 0 Å². The summed E-state index contributed by atoms with van der Waals surface area (Å²) in [5, 5.41) is 11.6. The summed E-state index contributed by atoms with van der Waals surface area (Å²) in [5.74, 6) is 0. The molecular weight excluding hydrogens is 420 g/mol. The van der Waals surface area contributed by atoms with Crippen LogP contribution >= 0.6 is 0 Å². The quantitative estimate of drug-likeness (QED) is 0.287. The molecule has 5 aromatic carbocycles. The van der Waals surface area contributed by atoms with Crippen molar-refractivity contribution in [2.24, 2.45) is 0 Å². The first kappa shape index (κ1) is 18.8. The monoisotopic (exact) mass is 440 g/mol. The summed E-state index contributed by atoms with van der Waals surface area (Å²) in [6.07, 6.45) is 0. The third-order valence-electron chi connectivity index (χ3n) is 6.27. The second kappa shape index (κ2) is 7.42. The minimum atomic E-state index is 0.867. The molecule has 4 nitrogen and oxygen atoms in total. The zero-order valence-corrected chi connectivity index (χ0v) is 18.2. The lowest BCUT2D eigenvalue weighted by Gasteiger charge is -2.15. The van der Waals surface area contributed by atoms with Gasteiger partial charge < -0.3 is 19.5 Å². The van der Waals surface area contributed by atoms with Crippen LogP contribution in [0.15, 0.2) is 118 Å². The number of fused-ring (bicyclic) bond motifs is 6. The first-order valence-corrected chi connectivity index (χ1v) is 11.3. The zero-order chi connectivity index (χ0) is 22.5. The molecule has 2 heterocycles. The lowest BCUT2D eigenvalue weighted by molar-refractivity contribution is 0.668. The van der Waals surface area contributed by atoms with Crippen LogP contribution in [0.1, 0.15) is 0 Å². The molecule has 0 amide bonds. The van der Waals surface area contributed by atoms with E-state index in [4.69, 9.17) is 8.83 Å². The normalized spacial score (nSPS) is 11.5. The molecule has 162 valence electrons. The number of rotatable bonds is 4. The predicted octanol–water partition coefficient (Wildman–Crippen LogP) is 8.97. The van der Waals surface area contributed by atoms with Crippen molar-refractivity contribution in [1.29, 1.82) is 0 Å². The van der Waals surface area contributed by atoms with Gasteiger partial charge in [-0.15, -0.1) is 0 Å². The number of furan rings is 2. The van der Waals surface area contributed by atoms with Crippen LogP contribution in [-0.4, -0.2) is 0 Å². The molecule has 2 N–H and O–H groups in total. The van der Waals surface area contributed by atoms with Gasteiger partial charge in [-0.2, -0.15) is 0 Å². The highest BCUT2D eigenvalue weighted by Crippen LogP contribution is 2.39. The van der Waals surface area contributed by atoms with Gasteiger partial charge in [-0.05, 0) is 48.5 Å². The average Bonchev–Trinajstić information content (AvgIpc) is 3.44. The molecule has 0 aliphatic heterocycles. The van der Waals surface area contributed by atoms with E-state index in [9.17, 15) is 0 Å². The molecule has 7 rings (SSSR count). The van der Waals surface area contributed by atoms with Crippen LogP contribution in [0.3, 0.4) is 0 Å². The predicted molar refractivity (Wildman–Crippen MR) is 140 cm³/mol. The Morgan fingerprint density at radius 3 is 1.24 bits per heavy atom. The van der Waals surface area contributed by atoms with Crippen molar-refractivity contribution < 1.29 is 8.83 Å². The highest BCUT2D eigenvalue weighted by molar-refractivity contribution is 6.13. The van der Waals surface area contributed by atoms with E-state index in [1.807, 2.05) is 72.8 Å². The van der Waals surface area contributed by atoms with Gasteiger partial charge in [-0.3, -0.25) is 0 Å². The maximum atomic E-state index is 6.07. The third-order valence-corrected chi connectivity index (χ3v) is 6.27. The summed E-state index contributed by atoms with van der Waals surface area (Å²) in [7, 11) is 0. The summed E-state index contributed by atoms with van der Waals surface area (Å²) in [4.78, 5) is 0. The Kier molecular flexibility index (Phi) is 4.11. The second-order valence-electron chi connectivity index (χ2n) is 8.35. The van der Waals surface area contributed by atoms with E-state index in [1.165, 1.54) is 0 Å². The van der Waals surface area contributed by atoms with Crippen LogP contribution in [0, 0.1) is 0 Å². The summed E-state index contributed by atoms with van der Waals surface area (Å²) in [6, 6.07) is 36.7. The lowest BCUT2D eigenvalue weighted by Crippen LogP contribution is -1.98. The number of hydrogen-bond acceptors (Lipinski definition) is 4. The highest BCUT2D eigenvalue weighted by Gasteiger charge is 2.14. The maximum Gasteiger partial charge on any atom is 0.137 e. The van der Waals surface area contributed by atoms with Crippen molar-refractivity contribution in [3.05, 3.63) is 109 Å². The molecule has 0 spiro atoms. The molecule has 0 fully saturated rings. The van der Waals surface area contributed by atoms with Crippen LogP contribution in [-0.2, 0) is 0 Å². The van der Waals surface area contributed by atoms with Gasteiger partial charge in [0, 0.05) is 10.8 Å². The van der Waals surface area contributed by atoms with Gasteiger partial charge in [0.05, 0.1) is 33.5 Å². The van der Waals surface area contributed by atoms with Gasteiger partial charge >= 0.3 is 0 Å². The molecule has 4 heteroatoms. The minimum Gasteiger partial charge on any atom is -0.456 e. The standard InChI is InChI=1S/C30H20N2O2/c1-5-15-25-19(9-1)29-23(13-7-17-27(29)33-25)31-21-11-3-4-12-22(21)32-24-14-8-18-28-30(24)20-10-2-6-16-26(20)34-28/h1-18,31-32H. The molecule has 0 atom stereocenters. The van der Waals surface area contributed by atoms with Gasteiger partial charge in [-0.1, -0.05) is 60.7 Å². The molecule has 0 saturated heterocycles. The van der Waals surface area contributed by atoms with Crippen molar-refractivity contribution in [2.75, 3.05) is 10.6 Å². The highest BCUT2D eigenvalue weighted by atomic mass is 16.3. The van der Waals surface area contributed by atoms with E-state index in [0.717, 1.165) is 66.6 Å². The number of nitrogens with one attached hydrogen (secondary N) is 2. The van der Waals surface area contributed by atoms with Crippen molar-refractivity contribution >= 4 is 66.6 Å². The molecule has 7 aromatic rings. The van der Waals surface area contributed by atoms with Crippen LogP contribution < -0.4 is 10.6 Å². The van der Waals surface area contributed by atoms with Crippen molar-refractivity contribution in [2.45, 2.75) is 0 Å². The molecule has 0 radical (unpaired) electrons. The zero-order valence-electron chi connectivity index (χ0n) is 18.2. The van der Waals surface area contributed by atoms with Crippen molar-refractivity contribution in [3.63, 3.8) is 0 Å². The molecule has 0 aliphatic rings. The van der Waals surface area contributed by atoms with Crippen LogP contribution in [0.4, 0.5) is 22.7 Å². The summed E-state index contributed by atoms with van der Waals surface area (Å²) in [6.45, 7) is 0. The van der Waals surface area contributed by atoms with Gasteiger partial charge in [-0.25, -0.2) is 0 Å². The first-order chi connectivity index (χ1) is 16.8. The van der Waals surface area contributed by atoms with Gasteiger partial charge in [0.15, 0.2) is 0 Å².